The molecule has 2 nitrogen and oxygen atoms in total. The average molecular weight is 276 g/mol. The molecular weight excluding hydrogens is 244 g/mol. The van der Waals surface area contributed by atoms with Gasteiger partial charge in [0.2, 0.25) is 0 Å². The first-order valence-electron chi connectivity index (χ1n) is 8.40. The summed E-state index contributed by atoms with van der Waals surface area (Å²) in [4.78, 5) is 2.37. The second kappa shape index (κ2) is 10.6. The van der Waals surface area contributed by atoms with E-state index in [1.54, 1.807) is 0 Å². The lowest BCUT2D eigenvalue weighted by atomic mass is 10.1. The zero-order valence-electron chi connectivity index (χ0n) is 13.6. The van der Waals surface area contributed by atoms with Crippen molar-refractivity contribution in [1.29, 1.82) is 0 Å². The molecule has 0 aliphatic heterocycles. The van der Waals surface area contributed by atoms with Gasteiger partial charge in [-0.2, -0.15) is 0 Å². The molecule has 0 aliphatic carbocycles. The smallest absolute Gasteiger partial charge is 0.0367 e. The molecule has 0 amide bonds. The number of anilines is 2. The third-order valence-corrected chi connectivity index (χ3v) is 3.86. The Kier molecular flexibility index (Phi) is 8.93. The van der Waals surface area contributed by atoms with Gasteiger partial charge in [0.05, 0.1) is 0 Å². The van der Waals surface area contributed by atoms with Crippen molar-refractivity contribution in [3.63, 3.8) is 0 Å². The lowest BCUT2D eigenvalue weighted by molar-refractivity contribution is 0.617. The minimum atomic E-state index is 1.07. The van der Waals surface area contributed by atoms with Gasteiger partial charge in [0.1, 0.15) is 0 Å². The van der Waals surface area contributed by atoms with Gasteiger partial charge in [-0.15, -0.1) is 0 Å². The standard InChI is InChI=1S/C18H32N2/c1-4-7-8-9-10-11-16-19-17-12-14-18(15-13-17)20(5-2)6-3/h12-15,19H,4-11,16H2,1-3H3. The van der Waals surface area contributed by atoms with Crippen molar-refractivity contribution in [2.45, 2.75) is 59.3 Å². The van der Waals surface area contributed by atoms with Gasteiger partial charge < -0.3 is 10.2 Å². The Morgan fingerprint density at radius 1 is 0.800 bits per heavy atom. The van der Waals surface area contributed by atoms with E-state index in [2.05, 4.69) is 55.3 Å². The summed E-state index contributed by atoms with van der Waals surface area (Å²) < 4.78 is 0. The van der Waals surface area contributed by atoms with Gasteiger partial charge >= 0.3 is 0 Å². The third kappa shape index (κ3) is 6.31. The van der Waals surface area contributed by atoms with E-state index in [1.807, 2.05) is 0 Å². The molecule has 0 unspecified atom stereocenters. The maximum Gasteiger partial charge on any atom is 0.0367 e. The summed E-state index contributed by atoms with van der Waals surface area (Å²) in [6.45, 7) is 9.91. The number of unbranched alkanes of at least 4 members (excludes halogenated alkanes) is 5. The SMILES string of the molecule is CCCCCCCCNc1ccc(N(CC)CC)cc1. The molecule has 0 radical (unpaired) electrons. The minimum absolute atomic E-state index is 1.07. The Bertz CT molecular complexity index is 328. The van der Waals surface area contributed by atoms with Crippen molar-refractivity contribution in [3.05, 3.63) is 24.3 Å². The summed E-state index contributed by atoms with van der Waals surface area (Å²) in [5.74, 6) is 0. The summed E-state index contributed by atoms with van der Waals surface area (Å²) in [7, 11) is 0. The first-order valence-corrected chi connectivity index (χ1v) is 8.40. The quantitative estimate of drug-likeness (QED) is 0.551. The van der Waals surface area contributed by atoms with Crippen LogP contribution in [0.2, 0.25) is 0 Å². The highest BCUT2D eigenvalue weighted by molar-refractivity contribution is 5.54. The molecule has 0 atom stereocenters. The molecule has 0 heterocycles. The van der Waals surface area contributed by atoms with E-state index < -0.39 is 0 Å². The molecule has 1 rings (SSSR count). The number of rotatable bonds is 11. The summed E-state index contributed by atoms with van der Waals surface area (Å²) in [6.07, 6.45) is 8.13. The molecule has 1 aromatic carbocycles. The summed E-state index contributed by atoms with van der Waals surface area (Å²) in [5.41, 5.74) is 2.56. The van der Waals surface area contributed by atoms with Crippen LogP contribution in [0.5, 0.6) is 0 Å². The van der Waals surface area contributed by atoms with E-state index in [9.17, 15) is 0 Å². The number of nitrogens with one attached hydrogen (secondary N) is 1. The zero-order chi connectivity index (χ0) is 14.6. The zero-order valence-corrected chi connectivity index (χ0v) is 13.6. The van der Waals surface area contributed by atoms with Gasteiger partial charge in [-0.05, 0) is 44.5 Å². The van der Waals surface area contributed by atoms with Crippen LogP contribution in [0.15, 0.2) is 24.3 Å². The Morgan fingerprint density at radius 2 is 1.40 bits per heavy atom. The van der Waals surface area contributed by atoms with E-state index in [0.29, 0.717) is 0 Å². The molecule has 0 saturated carbocycles. The average Bonchev–Trinajstić information content (AvgIpc) is 2.49. The molecule has 0 spiro atoms. The van der Waals surface area contributed by atoms with E-state index in [-0.39, 0.29) is 0 Å². The van der Waals surface area contributed by atoms with Crippen molar-refractivity contribution < 1.29 is 0 Å². The van der Waals surface area contributed by atoms with E-state index in [0.717, 1.165) is 19.6 Å². The Morgan fingerprint density at radius 3 is 2.00 bits per heavy atom. The maximum atomic E-state index is 3.52. The minimum Gasteiger partial charge on any atom is -0.385 e. The third-order valence-electron chi connectivity index (χ3n) is 3.86. The van der Waals surface area contributed by atoms with Crippen LogP contribution < -0.4 is 10.2 Å². The highest BCUT2D eigenvalue weighted by atomic mass is 15.1. The summed E-state index contributed by atoms with van der Waals surface area (Å²) in [5, 5.41) is 3.52. The van der Waals surface area contributed by atoms with Crippen LogP contribution in [0.4, 0.5) is 11.4 Å². The molecule has 1 aromatic rings. The van der Waals surface area contributed by atoms with Gasteiger partial charge in [-0.3, -0.25) is 0 Å². The van der Waals surface area contributed by atoms with Gasteiger partial charge in [0.25, 0.3) is 0 Å². The molecule has 1 N–H and O–H groups in total. The molecule has 2 heteroatoms. The summed E-state index contributed by atoms with van der Waals surface area (Å²) >= 11 is 0. The van der Waals surface area contributed by atoms with Gasteiger partial charge in [-0.1, -0.05) is 39.0 Å². The van der Waals surface area contributed by atoms with Crippen molar-refractivity contribution in [1.82, 2.24) is 0 Å². The molecular formula is C18H32N2. The molecule has 0 fully saturated rings. The van der Waals surface area contributed by atoms with Crippen LogP contribution >= 0.6 is 0 Å². The van der Waals surface area contributed by atoms with Crippen LogP contribution in [0, 0.1) is 0 Å². The van der Waals surface area contributed by atoms with E-state index >= 15 is 0 Å². The second-order valence-corrected chi connectivity index (χ2v) is 5.41. The van der Waals surface area contributed by atoms with E-state index in [1.165, 1.54) is 49.9 Å². The van der Waals surface area contributed by atoms with Crippen LogP contribution in [0.1, 0.15) is 59.3 Å². The van der Waals surface area contributed by atoms with Crippen molar-refractivity contribution in [3.8, 4) is 0 Å². The molecule has 0 bridgehead atoms. The van der Waals surface area contributed by atoms with Gasteiger partial charge in [-0.25, -0.2) is 0 Å². The fourth-order valence-corrected chi connectivity index (χ4v) is 2.52. The monoisotopic (exact) mass is 276 g/mol. The highest BCUT2D eigenvalue weighted by Crippen LogP contribution is 2.17. The van der Waals surface area contributed by atoms with Crippen LogP contribution in [-0.2, 0) is 0 Å². The fraction of sp³-hybridized carbons (Fsp3) is 0.667. The van der Waals surface area contributed by atoms with Crippen molar-refractivity contribution >= 4 is 11.4 Å². The van der Waals surface area contributed by atoms with Gasteiger partial charge in [0.15, 0.2) is 0 Å². The first kappa shape index (κ1) is 16.9. The van der Waals surface area contributed by atoms with Gasteiger partial charge in [0, 0.05) is 31.0 Å². The van der Waals surface area contributed by atoms with Crippen molar-refractivity contribution in [2.75, 3.05) is 29.9 Å². The maximum absolute atomic E-state index is 3.52. The predicted molar refractivity (Wildman–Crippen MR) is 91.9 cm³/mol. The fourth-order valence-electron chi connectivity index (χ4n) is 2.52. The van der Waals surface area contributed by atoms with Crippen molar-refractivity contribution in [2.24, 2.45) is 0 Å². The Hall–Kier alpha value is -1.18. The number of benzene rings is 1. The normalized spacial score (nSPS) is 10.6. The van der Waals surface area contributed by atoms with Crippen LogP contribution in [0.25, 0.3) is 0 Å². The lowest BCUT2D eigenvalue weighted by Gasteiger charge is -2.21. The summed E-state index contributed by atoms with van der Waals surface area (Å²) in [6, 6.07) is 8.84. The number of hydrogen-bond acceptors (Lipinski definition) is 2. The Balaban J connectivity index is 2.21. The molecule has 20 heavy (non-hydrogen) atoms. The second-order valence-electron chi connectivity index (χ2n) is 5.41. The molecule has 0 saturated heterocycles. The Labute approximate surface area is 125 Å². The van der Waals surface area contributed by atoms with Crippen LogP contribution in [-0.4, -0.2) is 19.6 Å². The highest BCUT2D eigenvalue weighted by Gasteiger charge is 2.00. The first-order chi connectivity index (χ1) is 9.81. The molecule has 0 aliphatic rings. The number of hydrogen-bond donors (Lipinski definition) is 1. The topological polar surface area (TPSA) is 15.3 Å². The predicted octanol–water partition coefficient (Wildman–Crippen LogP) is 5.31. The van der Waals surface area contributed by atoms with Crippen LogP contribution in [0.3, 0.4) is 0 Å². The number of nitrogens with zero attached hydrogens (tertiary/aromatic N) is 1. The molecule has 0 aromatic heterocycles. The lowest BCUT2D eigenvalue weighted by Crippen LogP contribution is -2.21. The molecule has 114 valence electrons. The van der Waals surface area contributed by atoms with E-state index in [4.69, 9.17) is 0 Å². The largest absolute Gasteiger partial charge is 0.385 e.